The Hall–Kier alpha value is -1.78. The van der Waals surface area contributed by atoms with Gasteiger partial charge in [0.05, 0.1) is 16.8 Å². The highest BCUT2D eigenvalue weighted by atomic mass is 35.5. The number of carbonyl (C=O) groups is 1. The summed E-state index contributed by atoms with van der Waals surface area (Å²) >= 11 is 6.07. The molecule has 1 aromatic carbocycles. The van der Waals surface area contributed by atoms with Crippen molar-refractivity contribution in [3.8, 4) is 0 Å². The summed E-state index contributed by atoms with van der Waals surface area (Å²) in [5.74, 6) is 0.595. The first-order valence-electron chi connectivity index (χ1n) is 7.64. The Morgan fingerprint density at radius 3 is 2.78 bits per heavy atom. The summed E-state index contributed by atoms with van der Waals surface area (Å²) < 4.78 is 5.80. The van der Waals surface area contributed by atoms with Gasteiger partial charge in [0.2, 0.25) is 0 Å². The molecule has 0 spiro atoms. The number of amides is 1. The molecule has 0 aliphatic heterocycles. The SMILES string of the molecule is Cc1c(C(=O)Nc2ccccc2Cl)oc2c1C(O)CC(C)(C)C2. The molecule has 1 atom stereocenters. The van der Waals surface area contributed by atoms with Crippen LogP contribution in [-0.2, 0) is 6.42 Å². The topological polar surface area (TPSA) is 62.5 Å². The van der Waals surface area contributed by atoms with Crippen molar-refractivity contribution in [1.29, 1.82) is 0 Å². The minimum Gasteiger partial charge on any atom is -0.455 e. The summed E-state index contributed by atoms with van der Waals surface area (Å²) in [6, 6.07) is 7.04. The lowest BCUT2D eigenvalue weighted by Crippen LogP contribution is -2.24. The molecule has 0 saturated heterocycles. The van der Waals surface area contributed by atoms with Gasteiger partial charge in [-0.2, -0.15) is 0 Å². The molecular formula is C18H20ClNO3. The van der Waals surface area contributed by atoms with Gasteiger partial charge in [0, 0.05) is 17.5 Å². The van der Waals surface area contributed by atoms with Crippen molar-refractivity contribution in [1.82, 2.24) is 0 Å². The number of benzene rings is 1. The Morgan fingerprint density at radius 1 is 1.39 bits per heavy atom. The zero-order valence-corrected chi connectivity index (χ0v) is 14.2. The molecule has 1 heterocycles. The van der Waals surface area contributed by atoms with Crippen molar-refractivity contribution in [3.63, 3.8) is 0 Å². The Balaban J connectivity index is 1.93. The van der Waals surface area contributed by atoms with E-state index in [-0.39, 0.29) is 17.1 Å². The summed E-state index contributed by atoms with van der Waals surface area (Å²) in [5, 5.41) is 13.6. The average Bonchev–Trinajstić information content (AvgIpc) is 2.77. The van der Waals surface area contributed by atoms with Crippen LogP contribution in [0.4, 0.5) is 5.69 Å². The predicted octanol–water partition coefficient (Wildman–Crippen LogP) is 4.50. The fourth-order valence-corrected chi connectivity index (χ4v) is 3.43. The second-order valence-electron chi connectivity index (χ2n) is 6.89. The summed E-state index contributed by atoms with van der Waals surface area (Å²) in [6.07, 6.45) is 0.769. The first kappa shape index (κ1) is 16.1. The van der Waals surface area contributed by atoms with Crippen molar-refractivity contribution < 1.29 is 14.3 Å². The number of hydrogen-bond donors (Lipinski definition) is 2. The van der Waals surface area contributed by atoms with E-state index in [4.69, 9.17) is 16.0 Å². The highest BCUT2D eigenvalue weighted by Crippen LogP contribution is 2.44. The quantitative estimate of drug-likeness (QED) is 0.850. The van der Waals surface area contributed by atoms with Gasteiger partial charge < -0.3 is 14.8 Å². The number of fused-ring (bicyclic) bond motifs is 1. The van der Waals surface area contributed by atoms with Crippen molar-refractivity contribution >= 4 is 23.2 Å². The van der Waals surface area contributed by atoms with Gasteiger partial charge in [-0.25, -0.2) is 0 Å². The molecule has 122 valence electrons. The van der Waals surface area contributed by atoms with Crippen LogP contribution in [0.5, 0.6) is 0 Å². The van der Waals surface area contributed by atoms with Crippen LogP contribution in [0.1, 0.15) is 53.8 Å². The molecule has 3 rings (SSSR count). The molecule has 1 amide bonds. The number of anilines is 1. The van der Waals surface area contributed by atoms with Crippen LogP contribution in [0.15, 0.2) is 28.7 Å². The number of halogens is 1. The molecule has 1 unspecified atom stereocenters. The Bertz CT molecular complexity index is 764. The molecule has 0 bridgehead atoms. The Morgan fingerprint density at radius 2 is 2.09 bits per heavy atom. The lowest BCUT2D eigenvalue weighted by Gasteiger charge is -2.31. The van der Waals surface area contributed by atoms with Crippen LogP contribution in [-0.4, -0.2) is 11.0 Å². The van der Waals surface area contributed by atoms with Crippen molar-refractivity contribution in [2.45, 2.75) is 39.7 Å². The van der Waals surface area contributed by atoms with E-state index in [2.05, 4.69) is 19.2 Å². The summed E-state index contributed by atoms with van der Waals surface area (Å²) in [4.78, 5) is 12.5. The van der Waals surface area contributed by atoms with Crippen LogP contribution in [0.3, 0.4) is 0 Å². The van der Waals surface area contributed by atoms with Crippen LogP contribution < -0.4 is 5.32 Å². The lowest BCUT2D eigenvalue weighted by molar-refractivity contribution is 0.0910. The Labute approximate surface area is 140 Å². The predicted molar refractivity (Wildman–Crippen MR) is 89.9 cm³/mol. The first-order chi connectivity index (χ1) is 10.8. The number of rotatable bonds is 2. The van der Waals surface area contributed by atoms with Crippen LogP contribution >= 0.6 is 11.6 Å². The lowest BCUT2D eigenvalue weighted by atomic mass is 9.75. The first-order valence-corrected chi connectivity index (χ1v) is 8.02. The average molecular weight is 334 g/mol. The number of aliphatic hydroxyl groups excluding tert-OH is 1. The molecule has 23 heavy (non-hydrogen) atoms. The smallest absolute Gasteiger partial charge is 0.291 e. The van der Waals surface area contributed by atoms with Gasteiger partial charge in [0.15, 0.2) is 5.76 Å². The standard InChI is InChI=1S/C18H20ClNO3/c1-10-15-13(21)8-18(2,3)9-14(15)23-16(10)17(22)20-12-7-5-4-6-11(12)19/h4-7,13,21H,8-9H2,1-3H3,(H,20,22). The molecule has 5 heteroatoms. The van der Waals surface area contributed by atoms with Crippen LogP contribution in [0, 0.1) is 12.3 Å². The van der Waals surface area contributed by atoms with E-state index < -0.39 is 6.10 Å². The highest BCUT2D eigenvalue weighted by molar-refractivity contribution is 6.33. The van der Waals surface area contributed by atoms with Crippen LogP contribution in [0.25, 0.3) is 0 Å². The van der Waals surface area contributed by atoms with Gasteiger partial charge in [-0.1, -0.05) is 37.6 Å². The molecule has 0 saturated carbocycles. The molecule has 2 aromatic rings. The maximum atomic E-state index is 12.5. The minimum absolute atomic E-state index is 0.0484. The van der Waals surface area contributed by atoms with Crippen molar-refractivity contribution in [2.24, 2.45) is 5.41 Å². The fourth-order valence-electron chi connectivity index (χ4n) is 3.24. The fraction of sp³-hybridized carbons (Fsp3) is 0.389. The third-order valence-corrected chi connectivity index (χ3v) is 4.65. The second kappa shape index (κ2) is 5.69. The molecule has 0 fully saturated rings. The van der Waals surface area contributed by atoms with Gasteiger partial charge >= 0.3 is 0 Å². The van der Waals surface area contributed by atoms with Gasteiger partial charge in [-0.3, -0.25) is 4.79 Å². The van der Waals surface area contributed by atoms with Crippen molar-refractivity contribution in [2.75, 3.05) is 5.32 Å². The van der Waals surface area contributed by atoms with E-state index in [1.807, 2.05) is 6.92 Å². The maximum Gasteiger partial charge on any atom is 0.291 e. The van der Waals surface area contributed by atoms with Crippen LogP contribution in [0.2, 0.25) is 5.02 Å². The number of nitrogens with one attached hydrogen (secondary N) is 1. The number of hydrogen-bond acceptors (Lipinski definition) is 3. The monoisotopic (exact) mass is 333 g/mol. The third kappa shape index (κ3) is 3.01. The third-order valence-electron chi connectivity index (χ3n) is 4.32. The minimum atomic E-state index is -0.598. The van der Waals surface area contributed by atoms with E-state index in [1.54, 1.807) is 24.3 Å². The van der Waals surface area contributed by atoms with Gasteiger partial charge in [-0.15, -0.1) is 0 Å². The summed E-state index contributed by atoms with van der Waals surface area (Å²) in [6.45, 7) is 5.98. The van der Waals surface area contributed by atoms with Gasteiger partial charge in [-0.05, 0) is 30.9 Å². The van der Waals surface area contributed by atoms with E-state index >= 15 is 0 Å². The normalized spacial score (nSPS) is 19.3. The van der Waals surface area contributed by atoms with E-state index in [0.717, 1.165) is 5.56 Å². The van der Waals surface area contributed by atoms with Crippen molar-refractivity contribution in [3.05, 3.63) is 51.9 Å². The zero-order chi connectivity index (χ0) is 16.8. The van der Waals surface area contributed by atoms with E-state index in [1.165, 1.54) is 0 Å². The maximum absolute atomic E-state index is 12.5. The number of furan rings is 1. The number of carbonyl (C=O) groups excluding carboxylic acids is 1. The molecular weight excluding hydrogens is 314 g/mol. The molecule has 1 aromatic heterocycles. The molecule has 4 nitrogen and oxygen atoms in total. The highest BCUT2D eigenvalue weighted by Gasteiger charge is 2.37. The van der Waals surface area contributed by atoms with Gasteiger partial charge in [0.25, 0.3) is 5.91 Å². The largest absolute Gasteiger partial charge is 0.455 e. The summed E-state index contributed by atoms with van der Waals surface area (Å²) in [7, 11) is 0. The number of aliphatic hydroxyl groups is 1. The molecule has 1 aliphatic carbocycles. The second-order valence-corrected chi connectivity index (χ2v) is 7.30. The molecule has 0 radical (unpaired) electrons. The molecule has 1 aliphatic rings. The zero-order valence-electron chi connectivity index (χ0n) is 13.4. The van der Waals surface area contributed by atoms with E-state index in [9.17, 15) is 9.90 Å². The number of para-hydroxylation sites is 1. The Kier molecular flexibility index (Phi) is 3.98. The van der Waals surface area contributed by atoms with Gasteiger partial charge in [0.1, 0.15) is 5.76 Å². The van der Waals surface area contributed by atoms with E-state index in [0.29, 0.717) is 34.9 Å². The molecule has 2 N–H and O–H groups in total. The summed E-state index contributed by atoms with van der Waals surface area (Å²) in [5.41, 5.74) is 1.95.